The monoisotopic (exact) mass is 412 g/mol. The lowest BCUT2D eigenvalue weighted by Crippen LogP contribution is -2.65. The van der Waals surface area contributed by atoms with E-state index in [0.29, 0.717) is 41.9 Å². The van der Waals surface area contributed by atoms with Crippen LogP contribution < -0.4 is 0 Å². The Morgan fingerprint density at radius 1 is 1.07 bits per heavy atom. The molecule has 0 spiro atoms. The van der Waals surface area contributed by atoms with Gasteiger partial charge in [-0.05, 0) is 57.3 Å². The molecule has 4 aliphatic rings. The van der Waals surface area contributed by atoms with Gasteiger partial charge in [-0.15, -0.1) is 0 Å². The van der Waals surface area contributed by atoms with Gasteiger partial charge >= 0.3 is 0 Å². The minimum Gasteiger partial charge on any atom is -0.346 e. The molecule has 1 N–H and O–H groups in total. The first-order chi connectivity index (χ1) is 14.5. The molecule has 6 nitrogen and oxygen atoms in total. The molecule has 3 saturated heterocycles. The number of amides is 2. The first-order valence-corrected chi connectivity index (χ1v) is 12.1. The van der Waals surface area contributed by atoms with E-state index in [1.165, 1.54) is 38.5 Å². The van der Waals surface area contributed by atoms with E-state index in [2.05, 4.69) is 19.8 Å². The fourth-order valence-electron chi connectivity index (χ4n) is 6.98. The van der Waals surface area contributed by atoms with Crippen LogP contribution in [-0.4, -0.2) is 56.8 Å². The summed E-state index contributed by atoms with van der Waals surface area (Å²) in [5.41, 5.74) is 1.44. The number of fused-ring (bicyclic) bond motifs is 4. The maximum Gasteiger partial charge on any atom is 0.274 e. The van der Waals surface area contributed by atoms with Gasteiger partial charge in [-0.2, -0.15) is 0 Å². The molecule has 3 aliphatic heterocycles. The zero-order chi connectivity index (χ0) is 20.8. The summed E-state index contributed by atoms with van der Waals surface area (Å²) in [4.78, 5) is 38.4. The van der Waals surface area contributed by atoms with Crippen LogP contribution in [0.15, 0.2) is 0 Å². The molecule has 4 fully saturated rings. The summed E-state index contributed by atoms with van der Waals surface area (Å²) >= 11 is 0. The van der Waals surface area contributed by atoms with E-state index in [9.17, 15) is 9.59 Å². The van der Waals surface area contributed by atoms with Crippen LogP contribution in [0.25, 0.3) is 0 Å². The summed E-state index contributed by atoms with van der Waals surface area (Å²) in [5.74, 6) is 2.82. The lowest BCUT2D eigenvalue weighted by molar-refractivity contribution is -0.153. The number of H-pyrrole nitrogens is 1. The van der Waals surface area contributed by atoms with Crippen LogP contribution in [0.5, 0.6) is 0 Å². The number of hydrogen-bond acceptors (Lipinski definition) is 3. The number of likely N-dealkylation sites (tertiary alicyclic amines) is 1. The number of aromatic nitrogens is 2. The number of hydrogen-bond donors (Lipinski definition) is 1. The molecule has 2 bridgehead atoms. The summed E-state index contributed by atoms with van der Waals surface area (Å²) in [7, 11) is 0. The van der Waals surface area contributed by atoms with Gasteiger partial charge in [0.2, 0.25) is 5.91 Å². The van der Waals surface area contributed by atoms with Crippen LogP contribution in [0.3, 0.4) is 0 Å². The van der Waals surface area contributed by atoms with Gasteiger partial charge in [0, 0.05) is 37.3 Å². The minimum absolute atomic E-state index is 0.0681. The predicted octanol–water partition coefficient (Wildman–Crippen LogP) is 3.84. The fraction of sp³-hybridized carbons (Fsp3) is 0.792. The van der Waals surface area contributed by atoms with Crippen molar-refractivity contribution >= 4 is 11.8 Å². The predicted molar refractivity (Wildman–Crippen MR) is 115 cm³/mol. The average Bonchev–Trinajstić information content (AvgIpc) is 3.09. The Hall–Kier alpha value is -1.85. The molecular formula is C24H36N4O2. The molecule has 1 aliphatic carbocycles. The van der Waals surface area contributed by atoms with Crippen molar-refractivity contribution in [3.8, 4) is 0 Å². The molecule has 30 heavy (non-hydrogen) atoms. The molecule has 0 unspecified atom stereocenters. The van der Waals surface area contributed by atoms with E-state index >= 15 is 0 Å². The molecule has 4 heterocycles. The number of aryl methyl sites for hydroxylation is 2. The van der Waals surface area contributed by atoms with Crippen molar-refractivity contribution in [3.63, 3.8) is 0 Å². The van der Waals surface area contributed by atoms with Crippen molar-refractivity contribution in [2.24, 2.45) is 17.8 Å². The molecular weight excluding hydrogens is 376 g/mol. The van der Waals surface area contributed by atoms with Gasteiger partial charge in [0.15, 0.2) is 0 Å². The van der Waals surface area contributed by atoms with Crippen molar-refractivity contribution in [2.45, 2.75) is 90.1 Å². The quantitative estimate of drug-likeness (QED) is 0.820. The molecule has 2 amide bonds. The molecule has 1 aromatic heterocycles. The van der Waals surface area contributed by atoms with E-state index in [1.807, 2.05) is 13.8 Å². The van der Waals surface area contributed by atoms with Crippen LogP contribution in [0.4, 0.5) is 0 Å². The molecule has 4 atom stereocenters. The molecule has 1 aromatic rings. The molecule has 0 radical (unpaired) electrons. The maximum atomic E-state index is 13.3. The summed E-state index contributed by atoms with van der Waals surface area (Å²) in [6, 6.07) is 0.647. The first kappa shape index (κ1) is 20.1. The average molecular weight is 413 g/mol. The zero-order valence-electron chi connectivity index (χ0n) is 18.5. The Balaban J connectivity index is 1.40. The Morgan fingerprint density at radius 3 is 2.57 bits per heavy atom. The molecule has 1 saturated carbocycles. The Bertz CT molecular complexity index is 812. The second-order valence-corrected chi connectivity index (χ2v) is 10.3. The number of carbonyl (C=O) groups is 2. The third-order valence-electron chi connectivity index (χ3n) is 8.29. The standard InChI is InChI=1S/C24H36N4O2/c1-15-23(26-16(2)25-15)24(30)27-13-18-12-19(14-27)21(11-17-7-4-3-5-8-17)28-20(18)9-6-10-22(28)29/h17-21H,3-14H2,1-2H3,(H,25,26)/t18-,19+,20+,21+/m1/s1. The zero-order valence-corrected chi connectivity index (χ0v) is 18.5. The Morgan fingerprint density at radius 2 is 1.83 bits per heavy atom. The number of piperidine rings is 3. The van der Waals surface area contributed by atoms with E-state index < -0.39 is 0 Å². The van der Waals surface area contributed by atoms with Gasteiger partial charge in [0.1, 0.15) is 11.5 Å². The highest BCUT2D eigenvalue weighted by Crippen LogP contribution is 2.44. The van der Waals surface area contributed by atoms with Gasteiger partial charge < -0.3 is 14.8 Å². The highest BCUT2D eigenvalue weighted by atomic mass is 16.2. The number of imidazole rings is 1. The lowest BCUT2D eigenvalue weighted by atomic mass is 9.69. The van der Waals surface area contributed by atoms with E-state index in [1.54, 1.807) is 0 Å². The lowest BCUT2D eigenvalue weighted by Gasteiger charge is -2.57. The van der Waals surface area contributed by atoms with Gasteiger partial charge in [0.05, 0.1) is 0 Å². The molecule has 5 rings (SSSR count). The number of nitrogens with zero attached hydrogens (tertiary/aromatic N) is 3. The van der Waals surface area contributed by atoms with E-state index in [0.717, 1.165) is 49.8 Å². The summed E-state index contributed by atoms with van der Waals surface area (Å²) < 4.78 is 0. The van der Waals surface area contributed by atoms with Gasteiger partial charge in [-0.3, -0.25) is 9.59 Å². The normalized spacial score (nSPS) is 32.3. The van der Waals surface area contributed by atoms with Crippen LogP contribution >= 0.6 is 0 Å². The highest BCUT2D eigenvalue weighted by molar-refractivity contribution is 5.93. The fourth-order valence-corrected chi connectivity index (χ4v) is 6.98. The topological polar surface area (TPSA) is 69.3 Å². The van der Waals surface area contributed by atoms with Crippen molar-refractivity contribution in [1.29, 1.82) is 0 Å². The molecule has 0 aromatic carbocycles. The van der Waals surface area contributed by atoms with Crippen LogP contribution in [0.2, 0.25) is 0 Å². The highest BCUT2D eigenvalue weighted by Gasteiger charge is 2.50. The third kappa shape index (κ3) is 3.56. The first-order valence-electron chi connectivity index (χ1n) is 12.1. The minimum atomic E-state index is 0.0681. The largest absolute Gasteiger partial charge is 0.346 e. The smallest absolute Gasteiger partial charge is 0.274 e. The molecule has 6 heteroatoms. The molecule has 164 valence electrons. The Kier molecular flexibility index (Phi) is 5.36. The number of aromatic amines is 1. The van der Waals surface area contributed by atoms with Crippen LogP contribution in [0.1, 0.15) is 86.2 Å². The van der Waals surface area contributed by atoms with Crippen molar-refractivity contribution in [2.75, 3.05) is 13.1 Å². The third-order valence-corrected chi connectivity index (χ3v) is 8.29. The van der Waals surface area contributed by atoms with Gasteiger partial charge in [-0.1, -0.05) is 32.1 Å². The summed E-state index contributed by atoms with van der Waals surface area (Å²) in [5, 5.41) is 0. The second kappa shape index (κ2) is 8.01. The maximum absolute atomic E-state index is 13.3. The van der Waals surface area contributed by atoms with Crippen molar-refractivity contribution in [3.05, 3.63) is 17.2 Å². The SMILES string of the molecule is Cc1nc(C(=O)N2C[C@H]3C[C@@H](C2)[C@H](CC2CCCCC2)N2C(=O)CCC[C@@H]32)c(C)[nH]1. The van der Waals surface area contributed by atoms with Crippen LogP contribution in [-0.2, 0) is 4.79 Å². The number of carbonyl (C=O) groups excluding carboxylic acids is 2. The van der Waals surface area contributed by atoms with E-state index in [-0.39, 0.29) is 5.91 Å². The second-order valence-electron chi connectivity index (χ2n) is 10.3. The van der Waals surface area contributed by atoms with Crippen LogP contribution in [0, 0.1) is 31.6 Å². The van der Waals surface area contributed by atoms with Gasteiger partial charge in [-0.25, -0.2) is 4.98 Å². The van der Waals surface area contributed by atoms with Crippen molar-refractivity contribution < 1.29 is 9.59 Å². The number of rotatable bonds is 3. The van der Waals surface area contributed by atoms with Gasteiger partial charge in [0.25, 0.3) is 5.91 Å². The number of nitrogens with one attached hydrogen (secondary N) is 1. The van der Waals surface area contributed by atoms with Crippen molar-refractivity contribution in [1.82, 2.24) is 19.8 Å². The Labute approximate surface area is 179 Å². The summed E-state index contributed by atoms with van der Waals surface area (Å²) in [6.45, 7) is 5.38. The van der Waals surface area contributed by atoms with E-state index in [4.69, 9.17) is 0 Å². The summed E-state index contributed by atoms with van der Waals surface area (Å²) in [6.07, 6.45) is 11.8.